The van der Waals surface area contributed by atoms with E-state index in [1.165, 1.54) is 0 Å². The Hall–Kier alpha value is 2.68. The molecule has 16 heteroatoms. The summed E-state index contributed by atoms with van der Waals surface area (Å²) in [6.07, 6.45) is -3.66. The fraction of sp³-hybridized carbons (Fsp3) is 0.286. The molecule has 4 N–H and O–H groups in total. The summed E-state index contributed by atoms with van der Waals surface area (Å²) >= 11 is 0. The van der Waals surface area contributed by atoms with Crippen molar-refractivity contribution < 1.29 is 229 Å². The van der Waals surface area contributed by atoms with Crippen LogP contribution in [0.5, 0.6) is 11.5 Å². The molecule has 44 heavy (non-hydrogen) atoms. The molecule has 0 aromatic heterocycles. The first-order valence-electron chi connectivity index (χ1n) is 11.0. The van der Waals surface area contributed by atoms with E-state index < -0.39 is 24.4 Å². The Morgan fingerprint density at radius 1 is 0.432 bits per heavy atom. The maximum absolute atomic E-state index is 10.9. The average Bonchev–Trinajstić information content (AvgIpc) is 2.86. The monoisotopic (exact) mass is 666 g/mol. The molecule has 212 valence electrons. The van der Waals surface area contributed by atoms with Crippen molar-refractivity contribution >= 4 is 21.5 Å². The second-order valence-corrected chi connectivity index (χ2v) is 8.26. The third-order valence-electron chi connectivity index (χ3n) is 6.01. The molecule has 0 heterocycles. The first-order valence-corrected chi connectivity index (χ1v) is 11.0. The first-order chi connectivity index (χ1) is 16.2. The van der Waals surface area contributed by atoms with Crippen LogP contribution in [-0.4, -0.2) is 48.7 Å². The van der Waals surface area contributed by atoms with Crippen LogP contribution in [0, 0.1) is 0 Å². The topological polar surface area (TPSA) is 231 Å². The predicted molar refractivity (Wildman–Crippen MR) is 133 cm³/mol. The smallest absolute Gasteiger partial charge is 0.870 e. The molecule has 2 unspecified atom stereocenters. The molecule has 10 nitrogen and oxygen atoms in total. The van der Waals surface area contributed by atoms with Crippen LogP contribution in [0.3, 0.4) is 0 Å². The van der Waals surface area contributed by atoms with E-state index in [-0.39, 0.29) is 199 Å². The van der Waals surface area contributed by atoms with Crippen LogP contribution in [0.4, 0.5) is 0 Å². The Balaban J connectivity index is -0.0000000800. The maximum atomic E-state index is 10.9. The minimum Gasteiger partial charge on any atom is -0.870 e. The van der Waals surface area contributed by atoms with Crippen LogP contribution < -0.4 is 207 Å². The molecule has 0 radical (unpaired) electrons. The predicted octanol–water partition coefficient (Wildman–Crippen LogP) is -16.7. The van der Waals surface area contributed by atoms with Gasteiger partial charge in [0.15, 0.2) is 0 Å². The molecule has 0 saturated carbocycles. The van der Waals surface area contributed by atoms with Crippen molar-refractivity contribution in [2.24, 2.45) is 0 Å². The molecule has 4 aromatic rings. The van der Waals surface area contributed by atoms with Crippen LogP contribution >= 0.6 is 0 Å². The zero-order valence-corrected chi connectivity index (χ0v) is 39.5. The van der Waals surface area contributed by atoms with Crippen molar-refractivity contribution in [3.8, 4) is 11.5 Å². The SMILES string of the molecule is COc1ccc2cc(C(C)C([O-])[O-])ccc2c1.COc1ccc2cc(C(C)C([O-])[O-])ccc2c1.[Na+].[Na+].[Na+].[Na+].[Na+].[Na+].[OH-].[OH-].[OH-].[OH-]. The summed E-state index contributed by atoms with van der Waals surface area (Å²) in [6, 6.07) is 22.7. The van der Waals surface area contributed by atoms with Gasteiger partial charge >= 0.3 is 177 Å². The van der Waals surface area contributed by atoms with Crippen LogP contribution in [-0.2, 0) is 0 Å². The number of ether oxygens (including phenoxy) is 2. The third kappa shape index (κ3) is 19.2. The summed E-state index contributed by atoms with van der Waals surface area (Å²) in [5, 5.41) is 47.6. The summed E-state index contributed by atoms with van der Waals surface area (Å²) < 4.78 is 10.3. The van der Waals surface area contributed by atoms with Crippen molar-refractivity contribution in [2.75, 3.05) is 14.2 Å². The Morgan fingerprint density at radius 2 is 0.682 bits per heavy atom. The molecule has 0 aliphatic carbocycles. The minimum absolute atomic E-state index is 0. The van der Waals surface area contributed by atoms with Gasteiger partial charge in [0.05, 0.1) is 14.2 Å². The second-order valence-electron chi connectivity index (χ2n) is 8.26. The molecule has 4 aromatic carbocycles. The van der Waals surface area contributed by atoms with E-state index in [4.69, 9.17) is 9.47 Å². The molecule has 4 rings (SSSR count). The van der Waals surface area contributed by atoms with Crippen LogP contribution in [0.15, 0.2) is 72.8 Å². The number of methoxy groups -OCH3 is 2. The average molecular weight is 666 g/mol. The van der Waals surface area contributed by atoms with Gasteiger partial charge in [-0.05, 0) is 68.8 Å². The number of benzene rings is 4. The van der Waals surface area contributed by atoms with Gasteiger partial charge in [0, 0.05) is 0 Å². The molecule has 0 saturated heterocycles. The van der Waals surface area contributed by atoms with Crippen LogP contribution in [0.25, 0.3) is 21.5 Å². The fourth-order valence-electron chi connectivity index (χ4n) is 3.62. The van der Waals surface area contributed by atoms with E-state index in [9.17, 15) is 20.4 Å². The van der Waals surface area contributed by atoms with E-state index in [0.717, 1.165) is 44.2 Å². The Labute approximate surface area is 392 Å². The third-order valence-corrected chi connectivity index (χ3v) is 6.01. The summed E-state index contributed by atoms with van der Waals surface area (Å²) in [5.74, 6) is 0.565. The first kappa shape index (κ1) is 65.1. The van der Waals surface area contributed by atoms with Crippen LogP contribution in [0.2, 0.25) is 0 Å². The Bertz CT molecular complexity index is 1170. The van der Waals surface area contributed by atoms with Crippen molar-refractivity contribution in [3.05, 3.63) is 83.9 Å². The minimum atomic E-state index is -1.83. The number of hydrogen-bond donors (Lipinski definition) is 0. The number of hydrogen-bond acceptors (Lipinski definition) is 10. The molecule has 0 aliphatic rings. The summed E-state index contributed by atoms with van der Waals surface area (Å²) in [6.45, 7) is 3.32. The summed E-state index contributed by atoms with van der Waals surface area (Å²) in [4.78, 5) is 0. The largest absolute Gasteiger partial charge is 1.00 e. The van der Waals surface area contributed by atoms with E-state index in [1.807, 2.05) is 72.8 Å². The van der Waals surface area contributed by atoms with Gasteiger partial charge in [0.1, 0.15) is 11.5 Å². The van der Waals surface area contributed by atoms with Gasteiger partial charge in [-0.25, -0.2) is 12.6 Å². The second kappa shape index (κ2) is 32.9. The summed E-state index contributed by atoms with van der Waals surface area (Å²) in [5.41, 5.74) is 1.58. The zero-order chi connectivity index (χ0) is 24.8. The standard InChI is InChI=1S/2C14H14O3.6Na.4H2O/c2*1-9(14(15)16)10-3-4-12-8-13(17-2)6-5-11(12)7-10;;;;;;;;;;/h2*3-9,14H,1-2H3;;;;;;;4*1H2/q2*-2;6*+1;;;;/p-4. The van der Waals surface area contributed by atoms with Gasteiger partial charge < -0.3 is 51.8 Å². The fourth-order valence-corrected chi connectivity index (χ4v) is 3.62. The molecule has 0 aliphatic heterocycles. The van der Waals surface area contributed by atoms with Crippen molar-refractivity contribution in [3.63, 3.8) is 0 Å². The van der Waals surface area contributed by atoms with Gasteiger partial charge in [0.25, 0.3) is 0 Å². The van der Waals surface area contributed by atoms with Gasteiger partial charge in [-0.2, -0.15) is 0 Å². The van der Waals surface area contributed by atoms with E-state index in [1.54, 1.807) is 28.1 Å². The van der Waals surface area contributed by atoms with Gasteiger partial charge in [-0.1, -0.05) is 62.4 Å². The molecule has 0 fully saturated rings. The van der Waals surface area contributed by atoms with Gasteiger partial charge in [-0.15, -0.1) is 0 Å². The normalized spacial score (nSPS) is 10.0. The summed E-state index contributed by atoms with van der Waals surface area (Å²) in [7, 11) is 3.24. The van der Waals surface area contributed by atoms with E-state index >= 15 is 0 Å². The van der Waals surface area contributed by atoms with Crippen molar-refractivity contribution in [1.82, 2.24) is 0 Å². The zero-order valence-electron chi connectivity index (χ0n) is 27.5. The van der Waals surface area contributed by atoms with Crippen molar-refractivity contribution in [2.45, 2.75) is 38.3 Å². The molecule has 0 bridgehead atoms. The van der Waals surface area contributed by atoms with E-state index in [0.29, 0.717) is 0 Å². The molecule has 0 amide bonds. The Morgan fingerprint density at radius 3 is 0.932 bits per heavy atom. The number of fused-ring (bicyclic) bond motifs is 2. The van der Waals surface area contributed by atoms with E-state index in [2.05, 4.69) is 0 Å². The quantitative estimate of drug-likeness (QED) is 0.139. The molecule has 0 spiro atoms. The molecule has 2 atom stereocenters. The van der Waals surface area contributed by atoms with Crippen molar-refractivity contribution in [1.29, 1.82) is 0 Å². The molecular weight excluding hydrogens is 634 g/mol. The van der Waals surface area contributed by atoms with Gasteiger partial charge in [-0.3, -0.25) is 0 Å². The van der Waals surface area contributed by atoms with Crippen LogP contribution in [0.1, 0.15) is 36.8 Å². The Kier molecular flexibility index (Phi) is 48.6. The maximum Gasteiger partial charge on any atom is 1.00 e. The number of rotatable bonds is 6. The molecular formula is C28H32Na6O10-2. The van der Waals surface area contributed by atoms with Gasteiger partial charge in [0.2, 0.25) is 0 Å².